The van der Waals surface area contributed by atoms with Gasteiger partial charge in [-0.25, -0.2) is 0 Å². The first-order valence-electron chi connectivity index (χ1n) is 10.1. The maximum atomic E-state index is 12.5. The zero-order valence-corrected chi connectivity index (χ0v) is 17.1. The van der Waals surface area contributed by atoms with Gasteiger partial charge in [0.1, 0.15) is 19.3 Å². The van der Waals surface area contributed by atoms with Crippen molar-refractivity contribution in [3.8, 4) is 0 Å². The van der Waals surface area contributed by atoms with Gasteiger partial charge in [-0.15, -0.1) is 0 Å². The monoisotopic (exact) mass is 412 g/mol. The molecule has 2 aromatic rings. The number of benzene rings is 2. The van der Waals surface area contributed by atoms with Crippen molar-refractivity contribution in [2.45, 2.75) is 25.0 Å². The van der Waals surface area contributed by atoms with E-state index in [1.807, 2.05) is 18.2 Å². The molecular weight excluding hydrogens is 384 g/mol. The molecule has 2 atom stereocenters. The Hall–Kier alpha value is -2.74. The Morgan fingerprint density at radius 3 is 2.67 bits per heavy atom. The zero-order valence-electron chi connectivity index (χ0n) is 17.1. The molecule has 30 heavy (non-hydrogen) atoms. The van der Waals surface area contributed by atoms with Gasteiger partial charge in [0.15, 0.2) is 0 Å². The highest BCUT2D eigenvalue weighted by atomic mass is 16.5. The van der Waals surface area contributed by atoms with E-state index in [2.05, 4.69) is 17.4 Å². The van der Waals surface area contributed by atoms with Crippen LogP contribution in [0.3, 0.4) is 0 Å². The number of rotatable bonds is 9. The summed E-state index contributed by atoms with van der Waals surface area (Å²) in [6.45, 7) is 0.859. The number of anilines is 1. The van der Waals surface area contributed by atoms with E-state index in [-0.39, 0.29) is 31.6 Å². The molecule has 2 unspecified atom stereocenters. The number of aliphatic hydroxyl groups is 1. The molecule has 1 fully saturated rings. The second kappa shape index (κ2) is 10.9. The lowest BCUT2D eigenvalue weighted by molar-refractivity contribution is -0.154. The van der Waals surface area contributed by atoms with Gasteiger partial charge in [0.05, 0.1) is 12.6 Å². The van der Waals surface area contributed by atoms with Crippen LogP contribution in [0, 0.1) is 0 Å². The Labute approximate surface area is 176 Å². The minimum atomic E-state index is -0.880. The molecule has 160 valence electrons. The minimum absolute atomic E-state index is 0.0240. The molecule has 1 heterocycles. The summed E-state index contributed by atoms with van der Waals surface area (Å²) in [5, 5.41) is 13.6. The maximum absolute atomic E-state index is 12.5. The van der Waals surface area contributed by atoms with Gasteiger partial charge in [0.2, 0.25) is 11.8 Å². The van der Waals surface area contributed by atoms with E-state index >= 15 is 0 Å². The van der Waals surface area contributed by atoms with Gasteiger partial charge >= 0.3 is 0 Å². The van der Waals surface area contributed by atoms with E-state index < -0.39 is 12.1 Å². The van der Waals surface area contributed by atoms with Crippen molar-refractivity contribution in [3.63, 3.8) is 0 Å². The Kier molecular flexibility index (Phi) is 7.96. The number of carbonyl (C=O) groups is 2. The third-order valence-electron chi connectivity index (χ3n) is 5.12. The fourth-order valence-electron chi connectivity index (χ4n) is 3.59. The molecule has 2 N–H and O–H groups in total. The number of nitrogens with zero attached hydrogens (tertiary/aromatic N) is 1. The molecule has 0 radical (unpaired) electrons. The fraction of sp³-hybridized carbons (Fsp3) is 0.391. The third kappa shape index (κ3) is 5.89. The smallest absolute Gasteiger partial charge is 0.250 e. The quantitative estimate of drug-likeness (QED) is 0.659. The summed E-state index contributed by atoms with van der Waals surface area (Å²) < 4.78 is 10.2. The molecule has 7 heteroatoms. The molecule has 1 aliphatic rings. The SMILES string of the molecule is COCC(=O)Nc1ccc(C(O)C2COCC(=O)N2CCCc2ccccc2)cc1. The molecule has 7 nitrogen and oxygen atoms in total. The topological polar surface area (TPSA) is 88.1 Å². The number of nitrogens with one attached hydrogen (secondary N) is 1. The first-order valence-corrected chi connectivity index (χ1v) is 10.1. The Morgan fingerprint density at radius 2 is 1.97 bits per heavy atom. The van der Waals surface area contributed by atoms with Crippen molar-refractivity contribution in [3.05, 3.63) is 65.7 Å². The second-order valence-corrected chi connectivity index (χ2v) is 7.31. The average Bonchev–Trinajstić information content (AvgIpc) is 2.76. The van der Waals surface area contributed by atoms with Crippen LogP contribution in [0.1, 0.15) is 23.7 Å². The van der Waals surface area contributed by atoms with Crippen LogP contribution in [0.15, 0.2) is 54.6 Å². The maximum Gasteiger partial charge on any atom is 0.250 e. The number of hydrogen-bond donors (Lipinski definition) is 2. The van der Waals surface area contributed by atoms with Crippen molar-refractivity contribution in [1.29, 1.82) is 0 Å². The van der Waals surface area contributed by atoms with Crippen molar-refractivity contribution < 1.29 is 24.2 Å². The number of aliphatic hydroxyl groups excluding tert-OH is 1. The van der Waals surface area contributed by atoms with Gasteiger partial charge in [-0.1, -0.05) is 42.5 Å². The van der Waals surface area contributed by atoms with Crippen LogP contribution in [-0.2, 0) is 25.5 Å². The van der Waals surface area contributed by atoms with Crippen molar-refractivity contribution >= 4 is 17.5 Å². The molecule has 0 aromatic heterocycles. The third-order valence-corrected chi connectivity index (χ3v) is 5.12. The summed E-state index contributed by atoms with van der Waals surface area (Å²) in [5.41, 5.74) is 2.50. The summed E-state index contributed by atoms with van der Waals surface area (Å²) in [4.78, 5) is 25.8. The summed E-state index contributed by atoms with van der Waals surface area (Å²) in [6.07, 6.45) is 0.794. The Bertz CT molecular complexity index is 825. The molecule has 0 saturated carbocycles. The van der Waals surface area contributed by atoms with E-state index in [1.165, 1.54) is 12.7 Å². The normalized spacial score (nSPS) is 17.6. The lowest BCUT2D eigenvalue weighted by Gasteiger charge is -2.38. The lowest BCUT2D eigenvalue weighted by Crippen LogP contribution is -2.52. The van der Waals surface area contributed by atoms with E-state index in [0.29, 0.717) is 17.8 Å². The summed E-state index contributed by atoms with van der Waals surface area (Å²) in [6, 6.07) is 16.6. The zero-order chi connectivity index (χ0) is 21.3. The van der Waals surface area contributed by atoms with Gasteiger partial charge in [0, 0.05) is 19.3 Å². The van der Waals surface area contributed by atoms with Gasteiger partial charge in [-0.2, -0.15) is 0 Å². The van der Waals surface area contributed by atoms with E-state index in [9.17, 15) is 14.7 Å². The average molecular weight is 412 g/mol. The van der Waals surface area contributed by atoms with E-state index in [1.54, 1.807) is 29.2 Å². The van der Waals surface area contributed by atoms with Gasteiger partial charge in [-0.3, -0.25) is 9.59 Å². The lowest BCUT2D eigenvalue weighted by atomic mass is 9.99. The molecule has 2 amide bonds. The van der Waals surface area contributed by atoms with Crippen molar-refractivity contribution in [1.82, 2.24) is 4.90 Å². The highest BCUT2D eigenvalue weighted by Gasteiger charge is 2.34. The Morgan fingerprint density at radius 1 is 1.23 bits per heavy atom. The predicted molar refractivity (Wildman–Crippen MR) is 113 cm³/mol. The molecule has 0 bridgehead atoms. The molecule has 2 aromatic carbocycles. The summed E-state index contributed by atoms with van der Waals surface area (Å²) in [7, 11) is 1.46. The molecule has 0 spiro atoms. The Balaban J connectivity index is 1.62. The van der Waals surface area contributed by atoms with E-state index in [4.69, 9.17) is 9.47 Å². The van der Waals surface area contributed by atoms with Crippen molar-refractivity contribution in [2.24, 2.45) is 0 Å². The number of aryl methyl sites for hydroxylation is 1. The number of ether oxygens (including phenoxy) is 2. The number of amides is 2. The van der Waals surface area contributed by atoms with Gasteiger partial charge in [-0.05, 0) is 36.1 Å². The number of hydrogen-bond acceptors (Lipinski definition) is 5. The highest BCUT2D eigenvalue weighted by molar-refractivity contribution is 5.91. The van der Waals surface area contributed by atoms with Gasteiger partial charge in [0.25, 0.3) is 0 Å². The van der Waals surface area contributed by atoms with Crippen molar-refractivity contribution in [2.75, 3.05) is 38.8 Å². The molecule has 3 rings (SSSR count). The van der Waals surface area contributed by atoms with Crippen LogP contribution in [0.4, 0.5) is 5.69 Å². The number of carbonyl (C=O) groups excluding carboxylic acids is 2. The molecular formula is C23H28N2O5. The van der Waals surface area contributed by atoms with E-state index in [0.717, 1.165) is 12.8 Å². The molecule has 1 aliphatic heterocycles. The van der Waals surface area contributed by atoms with Gasteiger partial charge < -0.3 is 24.8 Å². The molecule has 1 saturated heterocycles. The van der Waals surface area contributed by atoms with Crippen LogP contribution >= 0.6 is 0 Å². The van der Waals surface area contributed by atoms with Crippen LogP contribution in [-0.4, -0.2) is 61.3 Å². The standard InChI is InChI=1S/C23H28N2O5/c1-29-15-21(26)24-19-11-9-18(10-12-19)23(28)20-14-30-16-22(27)25(20)13-5-8-17-6-3-2-4-7-17/h2-4,6-7,9-12,20,23,28H,5,8,13-16H2,1H3,(H,24,26). The van der Waals surface area contributed by atoms with Crippen LogP contribution < -0.4 is 5.32 Å². The number of morpholine rings is 1. The second-order valence-electron chi connectivity index (χ2n) is 7.31. The van der Waals surface area contributed by atoms with Crippen LogP contribution in [0.2, 0.25) is 0 Å². The fourth-order valence-corrected chi connectivity index (χ4v) is 3.59. The van der Waals surface area contributed by atoms with Crippen LogP contribution in [0.5, 0.6) is 0 Å². The first-order chi connectivity index (χ1) is 14.6. The highest BCUT2D eigenvalue weighted by Crippen LogP contribution is 2.25. The largest absolute Gasteiger partial charge is 0.386 e. The molecule has 0 aliphatic carbocycles. The number of methoxy groups -OCH3 is 1. The van der Waals surface area contributed by atoms with Crippen LogP contribution in [0.25, 0.3) is 0 Å². The first kappa shape index (κ1) is 22.0. The summed E-state index contributed by atoms with van der Waals surface area (Å²) in [5.74, 6) is -0.358. The predicted octanol–water partition coefficient (Wildman–Crippen LogP) is 2.17. The minimum Gasteiger partial charge on any atom is -0.386 e. The summed E-state index contributed by atoms with van der Waals surface area (Å²) >= 11 is 0.